The zero-order valence-corrected chi connectivity index (χ0v) is 19.9. The predicted octanol–water partition coefficient (Wildman–Crippen LogP) is 5.26. The van der Waals surface area contributed by atoms with Gasteiger partial charge in [-0.05, 0) is 86.2 Å². The minimum absolute atomic E-state index is 0.257. The number of anilines is 2. The third-order valence-electron chi connectivity index (χ3n) is 5.57. The third kappa shape index (κ3) is 5.27. The molecule has 1 aliphatic rings. The molecule has 0 spiro atoms. The molecule has 8 heteroatoms. The maximum absolute atomic E-state index is 14.0. The van der Waals surface area contributed by atoms with E-state index in [1.807, 2.05) is 0 Å². The van der Waals surface area contributed by atoms with Crippen molar-refractivity contribution in [2.24, 2.45) is 0 Å². The predicted molar refractivity (Wildman–Crippen MR) is 133 cm³/mol. The molecule has 7 nitrogen and oxygen atoms in total. The summed E-state index contributed by atoms with van der Waals surface area (Å²) >= 11 is 0. The molecule has 1 heterocycles. The smallest absolute Gasteiger partial charge is 0.338 e. The lowest BCUT2D eigenvalue weighted by Gasteiger charge is -2.25. The van der Waals surface area contributed by atoms with Crippen LogP contribution in [0.25, 0.3) is 0 Å². The molecule has 4 rings (SSSR count). The van der Waals surface area contributed by atoms with Gasteiger partial charge in [-0.3, -0.25) is 9.69 Å². The number of nitrogens with zero attached hydrogens (tertiary/aromatic N) is 1. The van der Waals surface area contributed by atoms with Crippen molar-refractivity contribution in [1.29, 1.82) is 0 Å². The number of carbonyl (C=O) groups is 3. The van der Waals surface area contributed by atoms with Gasteiger partial charge in [0.15, 0.2) is 0 Å². The lowest BCUT2D eigenvalue weighted by molar-refractivity contribution is -0.114. The van der Waals surface area contributed by atoms with Gasteiger partial charge < -0.3 is 14.8 Å². The number of hydrogen-bond acceptors (Lipinski definition) is 6. The number of amides is 1. The molecule has 3 aromatic rings. The number of nitrogens with one attached hydrogen (secondary N) is 1. The summed E-state index contributed by atoms with van der Waals surface area (Å²) in [4.78, 5) is 39.0. The van der Waals surface area contributed by atoms with Crippen molar-refractivity contribution in [3.63, 3.8) is 0 Å². The Kier molecular flexibility index (Phi) is 7.44. The number of benzene rings is 3. The lowest BCUT2D eigenvalue weighted by Crippen LogP contribution is -2.30. The van der Waals surface area contributed by atoms with Crippen LogP contribution in [0, 0.1) is 5.82 Å². The van der Waals surface area contributed by atoms with Crippen LogP contribution in [0.3, 0.4) is 0 Å². The Bertz CT molecular complexity index is 1300. The van der Waals surface area contributed by atoms with Crippen LogP contribution < -0.4 is 10.2 Å². The van der Waals surface area contributed by atoms with Gasteiger partial charge in [0.2, 0.25) is 0 Å². The van der Waals surface area contributed by atoms with Crippen molar-refractivity contribution in [1.82, 2.24) is 0 Å². The summed E-state index contributed by atoms with van der Waals surface area (Å²) in [5, 5.41) is 3.10. The van der Waals surface area contributed by atoms with Gasteiger partial charge in [-0.2, -0.15) is 0 Å². The number of halogens is 1. The molecule has 1 amide bonds. The average Bonchev–Trinajstić information content (AvgIpc) is 3.20. The molecule has 0 aromatic heterocycles. The maximum Gasteiger partial charge on any atom is 0.338 e. The highest BCUT2D eigenvalue weighted by molar-refractivity contribution is 6.11. The first kappa shape index (κ1) is 24.7. The van der Waals surface area contributed by atoms with Crippen molar-refractivity contribution < 1.29 is 28.2 Å². The molecule has 0 aliphatic carbocycles. The minimum Gasteiger partial charge on any atom is -0.462 e. The van der Waals surface area contributed by atoms with Gasteiger partial charge in [0, 0.05) is 11.4 Å². The topological polar surface area (TPSA) is 84.9 Å². The molecule has 1 atom stereocenters. The van der Waals surface area contributed by atoms with E-state index in [0.717, 1.165) is 0 Å². The van der Waals surface area contributed by atoms with E-state index in [9.17, 15) is 18.8 Å². The Morgan fingerprint density at radius 2 is 1.47 bits per heavy atom. The summed E-state index contributed by atoms with van der Waals surface area (Å²) < 4.78 is 24.1. The van der Waals surface area contributed by atoms with E-state index >= 15 is 0 Å². The molecule has 1 aliphatic heterocycles. The molecule has 0 radical (unpaired) electrons. The molecular weight excluding hydrogens is 463 g/mol. The second-order valence-corrected chi connectivity index (χ2v) is 7.95. The van der Waals surface area contributed by atoms with Gasteiger partial charge in [0.25, 0.3) is 5.91 Å². The first-order valence-electron chi connectivity index (χ1n) is 11.5. The monoisotopic (exact) mass is 488 g/mol. The van der Waals surface area contributed by atoms with Gasteiger partial charge in [0.1, 0.15) is 11.5 Å². The summed E-state index contributed by atoms with van der Waals surface area (Å²) in [7, 11) is 0. The number of rotatable bonds is 8. The first-order chi connectivity index (χ1) is 17.4. The Morgan fingerprint density at radius 3 is 2.03 bits per heavy atom. The fraction of sp³-hybridized carbons (Fsp3) is 0.179. The van der Waals surface area contributed by atoms with Gasteiger partial charge >= 0.3 is 11.9 Å². The quantitative estimate of drug-likeness (QED) is 0.435. The first-order valence-corrected chi connectivity index (χ1v) is 11.5. The van der Waals surface area contributed by atoms with Crippen LogP contribution in [0.1, 0.15) is 46.2 Å². The summed E-state index contributed by atoms with van der Waals surface area (Å²) in [5.74, 6) is -1.63. The van der Waals surface area contributed by atoms with E-state index in [1.54, 1.807) is 80.6 Å². The van der Waals surface area contributed by atoms with Gasteiger partial charge in [-0.15, -0.1) is 0 Å². The molecule has 0 saturated carbocycles. The van der Waals surface area contributed by atoms with E-state index in [-0.39, 0.29) is 19.1 Å². The van der Waals surface area contributed by atoms with Crippen LogP contribution in [0.2, 0.25) is 0 Å². The highest BCUT2D eigenvalue weighted by Crippen LogP contribution is 2.36. The van der Waals surface area contributed by atoms with E-state index in [2.05, 4.69) is 5.32 Å². The number of carbonyl (C=O) groups excluding carboxylic acids is 3. The maximum atomic E-state index is 14.0. The highest BCUT2D eigenvalue weighted by Gasteiger charge is 2.35. The van der Waals surface area contributed by atoms with Crippen molar-refractivity contribution in [3.8, 4) is 0 Å². The van der Waals surface area contributed by atoms with E-state index in [1.165, 1.54) is 17.0 Å². The van der Waals surface area contributed by atoms with Gasteiger partial charge in [-0.25, -0.2) is 14.0 Å². The third-order valence-corrected chi connectivity index (χ3v) is 5.57. The van der Waals surface area contributed by atoms with Crippen LogP contribution in [-0.4, -0.2) is 31.1 Å². The highest BCUT2D eigenvalue weighted by atomic mass is 19.1. The summed E-state index contributed by atoms with van der Waals surface area (Å²) in [6, 6.07) is 18.5. The summed E-state index contributed by atoms with van der Waals surface area (Å²) in [6.07, 6.45) is 1.72. The molecule has 0 bridgehead atoms. The molecule has 0 fully saturated rings. The molecule has 1 N–H and O–H groups in total. The molecule has 0 saturated heterocycles. The second-order valence-electron chi connectivity index (χ2n) is 7.95. The molecule has 36 heavy (non-hydrogen) atoms. The Labute approximate surface area is 208 Å². The molecule has 1 unspecified atom stereocenters. The zero-order valence-electron chi connectivity index (χ0n) is 19.9. The Hall–Kier alpha value is -4.46. The van der Waals surface area contributed by atoms with Crippen LogP contribution in [0.15, 0.2) is 84.6 Å². The fourth-order valence-electron chi connectivity index (χ4n) is 3.90. The number of esters is 2. The minimum atomic E-state index is -0.581. The van der Waals surface area contributed by atoms with E-state index in [4.69, 9.17) is 9.47 Å². The van der Waals surface area contributed by atoms with Crippen LogP contribution in [0.5, 0.6) is 0 Å². The van der Waals surface area contributed by atoms with Gasteiger partial charge in [0.05, 0.1) is 30.4 Å². The van der Waals surface area contributed by atoms with Crippen molar-refractivity contribution in [3.05, 3.63) is 107 Å². The van der Waals surface area contributed by atoms with E-state index < -0.39 is 23.8 Å². The Balaban J connectivity index is 1.63. The molecule has 3 aromatic carbocycles. The SMILES string of the molecule is CCOC(=O)c1ccc(NC2=CC(c3cccc(F)c3)N(c3ccc(C(=O)OCC)cc3)C2=O)cc1. The van der Waals surface area contributed by atoms with Crippen LogP contribution in [0.4, 0.5) is 15.8 Å². The summed E-state index contributed by atoms with van der Waals surface area (Å²) in [5.41, 5.74) is 2.78. The van der Waals surface area contributed by atoms with Crippen molar-refractivity contribution in [2.75, 3.05) is 23.4 Å². The normalized spacial score (nSPS) is 14.9. The zero-order chi connectivity index (χ0) is 25.7. The molecular formula is C28H25FN2O5. The van der Waals surface area contributed by atoms with E-state index in [0.29, 0.717) is 33.8 Å². The number of ether oxygens (including phenoxy) is 2. The Morgan fingerprint density at radius 1 is 0.889 bits per heavy atom. The second kappa shape index (κ2) is 10.9. The van der Waals surface area contributed by atoms with Crippen LogP contribution >= 0.6 is 0 Å². The number of hydrogen-bond donors (Lipinski definition) is 1. The van der Waals surface area contributed by atoms with Crippen molar-refractivity contribution in [2.45, 2.75) is 19.9 Å². The summed E-state index contributed by atoms with van der Waals surface area (Å²) in [6.45, 7) is 3.99. The fourth-order valence-corrected chi connectivity index (χ4v) is 3.90. The largest absolute Gasteiger partial charge is 0.462 e. The standard InChI is InChI=1S/C28H25FN2O5/c1-3-35-27(33)18-8-12-22(13-9-18)30-24-17-25(20-6-5-7-21(29)16-20)31(26(24)32)23-14-10-19(11-15-23)28(34)36-4-2/h5-17,25,30H,3-4H2,1-2H3. The van der Waals surface area contributed by atoms with Crippen LogP contribution in [-0.2, 0) is 14.3 Å². The average molecular weight is 489 g/mol. The van der Waals surface area contributed by atoms with Crippen molar-refractivity contribution >= 4 is 29.2 Å². The van der Waals surface area contributed by atoms with Gasteiger partial charge in [-0.1, -0.05) is 12.1 Å². The molecule has 184 valence electrons. The lowest BCUT2D eigenvalue weighted by atomic mass is 10.1.